The fourth-order valence-electron chi connectivity index (χ4n) is 1.50. The van der Waals surface area contributed by atoms with Gasteiger partial charge in [0.05, 0.1) is 24.7 Å². The van der Waals surface area contributed by atoms with Crippen molar-refractivity contribution in [3.8, 4) is 0 Å². The summed E-state index contributed by atoms with van der Waals surface area (Å²) < 4.78 is 10.8. The van der Waals surface area contributed by atoms with Gasteiger partial charge in [-0.3, -0.25) is 10.1 Å². The Morgan fingerprint density at radius 2 is 2.00 bits per heavy atom. The van der Waals surface area contributed by atoms with E-state index >= 15 is 0 Å². The van der Waals surface area contributed by atoms with Crippen LogP contribution in [-0.2, 0) is 16.1 Å². The number of nitrogens with zero attached hydrogens (tertiary/aromatic N) is 1. The lowest BCUT2D eigenvalue weighted by molar-refractivity contribution is -0.384. The fraction of sp³-hybridized carbons (Fsp3) is 0.538. The van der Waals surface area contributed by atoms with Crippen LogP contribution in [0.3, 0.4) is 0 Å². The van der Waals surface area contributed by atoms with Crippen LogP contribution in [0.2, 0.25) is 0 Å². The molecule has 1 aromatic rings. The molecule has 106 valence electrons. The molecule has 0 fully saturated rings. The predicted molar refractivity (Wildman–Crippen MR) is 72.8 cm³/mol. The van der Waals surface area contributed by atoms with E-state index in [1.54, 1.807) is 12.1 Å². The first kappa shape index (κ1) is 15.4. The van der Waals surface area contributed by atoms with Crippen molar-refractivity contribution in [3.05, 3.63) is 33.9 Å². The largest absolute Gasteiger partial charge is 0.393 e. The number of hydrogen-bond donors (Lipinski definition) is 1. The van der Waals surface area contributed by atoms with E-state index in [2.05, 4.69) is 13.8 Å². The minimum atomic E-state index is -0.495. The molecule has 0 bridgehead atoms. The minimum absolute atomic E-state index is 0.0860. The number of nitro benzene ring substituents is 1. The zero-order valence-corrected chi connectivity index (χ0v) is 11.3. The first-order chi connectivity index (χ1) is 9.02. The third kappa shape index (κ3) is 5.23. The van der Waals surface area contributed by atoms with Crippen molar-refractivity contribution in [1.29, 1.82) is 0 Å². The molecule has 6 heteroatoms. The topological polar surface area (TPSA) is 87.6 Å². The van der Waals surface area contributed by atoms with E-state index < -0.39 is 4.92 Å². The molecule has 0 heterocycles. The Kier molecular flexibility index (Phi) is 6.24. The maximum atomic E-state index is 10.7. The zero-order valence-electron chi connectivity index (χ0n) is 11.3. The van der Waals surface area contributed by atoms with E-state index in [9.17, 15) is 10.1 Å². The van der Waals surface area contributed by atoms with E-state index in [-0.39, 0.29) is 18.0 Å². The van der Waals surface area contributed by atoms with Crippen LogP contribution in [0.1, 0.15) is 19.4 Å². The summed E-state index contributed by atoms with van der Waals surface area (Å²) in [5, 5.41) is 10.7. The van der Waals surface area contributed by atoms with Crippen LogP contribution in [-0.4, -0.2) is 24.7 Å². The van der Waals surface area contributed by atoms with Gasteiger partial charge < -0.3 is 15.2 Å². The lowest BCUT2D eigenvalue weighted by Gasteiger charge is -2.09. The molecular formula is C13H20N2O4. The lowest BCUT2D eigenvalue weighted by Crippen LogP contribution is -2.09. The first-order valence-corrected chi connectivity index (χ1v) is 6.19. The zero-order chi connectivity index (χ0) is 14.3. The van der Waals surface area contributed by atoms with Gasteiger partial charge in [-0.25, -0.2) is 0 Å². The number of nitrogen functional groups attached to an aromatic ring is 1. The van der Waals surface area contributed by atoms with Crippen LogP contribution in [0.25, 0.3) is 0 Å². The monoisotopic (exact) mass is 268 g/mol. The van der Waals surface area contributed by atoms with Gasteiger partial charge >= 0.3 is 0 Å². The van der Waals surface area contributed by atoms with E-state index in [1.807, 2.05) is 0 Å². The summed E-state index contributed by atoms with van der Waals surface area (Å²) >= 11 is 0. The van der Waals surface area contributed by atoms with Gasteiger partial charge in [-0.2, -0.15) is 0 Å². The molecule has 0 amide bonds. The van der Waals surface area contributed by atoms with Crippen molar-refractivity contribution in [1.82, 2.24) is 0 Å². The highest BCUT2D eigenvalue weighted by atomic mass is 16.6. The van der Waals surface area contributed by atoms with Crippen LogP contribution in [0.5, 0.6) is 0 Å². The normalized spacial score (nSPS) is 10.9. The molecular weight excluding hydrogens is 248 g/mol. The van der Waals surface area contributed by atoms with E-state index in [0.29, 0.717) is 31.3 Å². The number of nitro groups is 1. The summed E-state index contributed by atoms with van der Waals surface area (Å²) in [5.74, 6) is 0.493. The van der Waals surface area contributed by atoms with Gasteiger partial charge in [0.1, 0.15) is 5.69 Å². The average Bonchev–Trinajstić information content (AvgIpc) is 2.34. The Bertz CT molecular complexity index is 421. The third-order valence-electron chi connectivity index (χ3n) is 2.45. The number of para-hydroxylation sites is 1. The molecule has 1 rings (SSSR count). The molecule has 0 aliphatic carbocycles. The molecule has 0 aliphatic heterocycles. The Labute approximate surface area is 112 Å². The molecule has 1 aromatic carbocycles. The number of anilines is 1. The van der Waals surface area contributed by atoms with Crippen molar-refractivity contribution in [2.75, 3.05) is 25.6 Å². The van der Waals surface area contributed by atoms with Gasteiger partial charge in [0.2, 0.25) is 0 Å². The number of benzene rings is 1. The maximum Gasteiger partial charge on any atom is 0.292 e. The molecule has 2 N–H and O–H groups in total. The minimum Gasteiger partial charge on any atom is -0.393 e. The second kappa shape index (κ2) is 7.70. The van der Waals surface area contributed by atoms with Crippen molar-refractivity contribution in [3.63, 3.8) is 0 Å². The molecule has 0 radical (unpaired) electrons. The highest BCUT2D eigenvalue weighted by Gasteiger charge is 2.13. The van der Waals surface area contributed by atoms with E-state index in [4.69, 9.17) is 15.2 Å². The van der Waals surface area contributed by atoms with Crippen molar-refractivity contribution >= 4 is 11.4 Å². The van der Waals surface area contributed by atoms with Gasteiger partial charge in [-0.15, -0.1) is 0 Å². The summed E-state index contributed by atoms with van der Waals surface area (Å²) in [6.07, 6.45) is 0. The van der Waals surface area contributed by atoms with Crippen LogP contribution in [0, 0.1) is 16.0 Å². The predicted octanol–water partition coefficient (Wildman–Crippen LogP) is 2.37. The van der Waals surface area contributed by atoms with Crippen LogP contribution in [0.15, 0.2) is 18.2 Å². The van der Waals surface area contributed by atoms with Crippen molar-refractivity contribution in [2.45, 2.75) is 20.5 Å². The summed E-state index contributed by atoms with van der Waals surface area (Å²) in [5.41, 5.74) is 6.41. The first-order valence-electron chi connectivity index (χ1n) is 6.19. The van der Waals surface area contributed by atoms with Gasteiger partial charge in [-0.05, 0) is 5.92 Å². The van der Waals surface area contributed by atoms with Crippen molar-refractivity contribution < 1.29 is 14.4 Å². The number of rotatable bonds is 8. The summed E-state index contributed by atoms with van der Waals surface area (Å²) in [7, 11) is 0. The van der Waals surface area contributed by atoms with Crippen LogP contribution in [0.4, 0.5) is 11.4 Å². The van der Waals surface area contributed by atoms with Crippen LogP contribution >= 0.6 is 0 Å². The van der Waals surface area contributed by atoms with Gasteiger partial charge in [0.25, 0.3) is 5.69 Å². The molecule has 0 saturated heterocycles. The molecule has 0 spiro atoms. The Morgan fingerprint density at radius 1 is 1.32 bits per heavy atom. The standard InChI is InChI=1S/C13H20N2O4/c1-10(2)8-18-6-7-19-9-11-4-3-5-12(13(11)14)15(16)17/h3-5,10H,6-9,14H2,1-2H3. The third-order valence-corrected chi connectivity index (χ3v) is 2.45. The second-order valence-electron chi connectivity index (χ2n) is 4.63. The van der Waals surface area contributed by atoms with Gasteiger partial charge in [-0.1, -0.05) is 26.0 Å². The number of nitrogens with two attached hydrogens (primary N) is 1. The molecule has 0 aliphatic rings. The maximum absolute atomic E-state index is 10.7. The van der Waals surface area contributed by atoms with Gasteiger partial charge in [0.15, 0.2) is 0 Å². The molecule has 0 aromatic heterocycles. The summed E-state index contributed by atoms with van der Waals surface area (Å²) in [6.45, 7) is 6.04. The second-order valence-corrected chi connectivity index (χ2v) is 4.63. The Balaban J connectivity index is 2.37. The molecule has 6 nitrogen and oxygen atoms in total. The molecule has 0 atom stereocenters. The highest BCUT2D eigenvalue weighted by molar-refractivity contribution is 5.62. The molecule has 0 saturated carbocycles. The molecule has 0 unspecified atom stereocenters. The summed E-state index contributed by atoms with van der Waals surface area (Å²) in [6, 6.07) is 4.70. The SMILES string of the molecule is CC(C)COCCOCc1cccc([N+](=O)[O-])c1N. The van der Waals surface area contributed by atoms with E-state index in [0.717, 1.165) is 0 Å². The average molecular weight is 268 g/mol. The quantitative estimate of drug-likeness (QED) is 0.338. The fourth-order valence-corrected chi connectivity index (χ4v) is 1.50. The van der Waals surface area contributed by atoms with E-state index in [1.165, 1.54) is 6.07 Å². The Hall–Kier alpha value is -1.66. The molecule has 19 heavy (non-hydrogen) atoms. The highest BCUT2D eigenvalue weighted by Crippen LogP contribution is 2.25. The number of hydrogen-bond acceptors (Lipinski definition) is 5. The van der Waals surface area contributed by atoms with Crippen LogP contribution < -0.4 is 5.73 Å². The Morgan fingerprint density at radius 3 is 2.63 bits per heavy atom. The van der Waals surface area contributed by atoms with Gasteiger partial charge in [0, 0.05) is 18.2 Å². The lowest BCUT2D eigenvalue weighted by atomic mass is 10.1. The number of ether oxygens (including phenoxy) is 2. The smallest absolute Gasteiger partial charge is 0.292 e. The van der Waals surface area contributed by atoms with Crippen molar-refractivity contribution in [2.24, 2.45) is 5.92 Å². The summed E-state index contributed by atoms with van der Waals surface area (Å²) in [4.78, 5) is 10.2.